The van der Waals surface area contributed by atoms with Gasteiger partial charge in [0.2, 0.25) is 0 Å². The summed E-state index contributed by atoms with van der Waals surface area (Å²) in [5, 5.41) is 14.4. The second-order valence-corrected chi connectivity index (χ2v) is 6.61. The number of pyridine rings is 1. The van der Waals surface area contributed by atoms with Crippen molar-refractivity contribution >= 4 is 17.8 Å². The van der Waals surface area contributed by atoms with Crippen LogP contribution in [0.1, 0.15) is 40.9 Å². The van der Waals surface area contributed by atoms with E-state index in [1.54, 1.807) is 6.20 Å². The number of allylic oxidation sites excluding steroid dienone is 1. The van der Waals surface area contributed by atoms with Gasteiger partial charge in [0.05, 0.1) is 6.04 Å². The van der Waals surface area contributed by atoms with Gasteiger partial charge in [0, 0.05) is 29.4 Å². The van der Waals surface area contributed by atoms with Crippen LogP contribution in [0.15, 0.2) is 53.9 Å². The minimum atomic E-state index is -0.190. The predicted octanol–water partition coefficient (Wildman–Crippen LogP) is 4.00. The Balaban J connectivity index is 1.83. The Bertz CT molecular complexity index is 857. The zero-order valence-electron chi connectivity index (χ0n) is 15.2. The van der Waals surface area contributed by atoms with Gasteiger partial charge in [0.25, 0.3) is 5.91 Å². The van der Waals surface area contributed by atoms with Gasteiger partial charge in [0.15, 0.2) is 0 Å². The zero-order chi connectivity index (χ0) is 18.5. The first-order valence-corrected chi connectivity index (χ1v) is 8.89. The normalized spacial score (nSPS) is 16.9. The highest BCUT2D eigenvalue weighted by Gasteiger charge is 2.25. The molecule has 0 spiro atoms. The molecule has 1 amide bonds. The molecule has 26 heavy (non-hydrogen) atoms. The lowest BCUT2D eigenvalue weighted by Gasteiger charge is -2.28. The minimum absolute atomic E-state index is 0.179. The number of nitrogens with one attached hydrogen (secondary N) is 3. The van der Waals surface area contributed by atoms with E-state index in [2.05, 4.69) is 28.6 Å². The number of carbonyl (C=O) groups excluding carboxylic acids is 1. The van der Waals surface area contributed by atoms with E-state index in [1.807, 2.05) is 37.3 Å². The third kappa shape index (κ3) is 3.82. The van der Waals surface area contributed by atoms with E-state index in [0.29, 0.717) is 5.69 Å². The molecule has 0 radical (unpaired) electrons. The molecule has 3 rings (SSSR count). The Morgan fingerprint density at radius 1 is 1.19 bits per heavy atom. The summed E-state index contributed by atoms with van der Waals surface area (Å²) in [5.74, 6) is -0.190. The van der Waals surface area contributed by atoms with Crippen LogP contribution in [-0.2, 0) is 0 Å². The zero-order valence-corrected chi connectivity index (χ0v) is 15.2. The number of anilines is 1. The summed E-state index contributed by atoms with van der Waals surface area (Å²) in [5.41, 5.74) is 5.31. The average molecular weight is 348 g/mol. The van der Waals surface area contributed by atoms with E-state index in [-0.39, 0.29) is 11.9 Å². The van der Waals surface area contributed by atoms with E-state index in [4.69, 9.17) is 5.41 Å². The second kappa shape index (κ2) is 7.95. The summed E-state index contributed by atoms with van der Waals surface area (Å²) < 4.78 is 0. The minimum Gasteiger partial charge on any atom is -0.358 e. The summed E-state index contributed by atoms with van der Waals surface area (Å²) in [6, 6.07) is 11.6. The number of benzene rings is 1. The first-order valence-electron chi connectivity index (χ1n) is 8.89. The number of para-hydroxylation sites is 1. The van der Waals surface area contributed by atoms with Crippen LogP contribution in [-0.4, -0.2) is 23.1 Å². The number of aryl methyl sites for hydroxylation is 2. The van der Waals surface area contributed by atoms with Crippen molar-refractivity contribution in [2.75, 3.05) is 5.32 Å². The summed E-state index contributed by atoms with van der Waals surface area (Å²) >= 11 is 0. The third-order valence-electron chi connectivity index (χ3n) is 4.76. The molecule has 0 saturated carbocycles. The summed E-state index contributed by atoms with van der Waals surface area (Å²) in [4.78, 5) is 16.8. The molecule has 0 bridgehead atoms. The van der Waals surface area contributed by atoms with Gasteiger partial charge in [-0.2, -0.15) is 0 Å². The monoisotopic (exact) mass is 348 g/mol. The number of hydrogen-bond acceptors (Lipinski definition) is 4. The molecule has 2 aromatic rings. The molecule has 1 atom stereocenters. The van der Waals surface area contributed by atoms with E-state index >= 15 is 0 Å². The topological polar surface area (TPSA) is 77.9 Å². The predicted molar refractivity (Wildman–Crippen MR) is 105 cm³/mol. The van der Waals surface area contributed by atoms with E-state index < -0.39 is 0 Å². The largest absolute Gasteiger partial charge is 0.358 e. The molecular formula is C21H24N4O. The van der Waals surface area contributed by atoms with Crippen molar-refractivity contribution in [2.45, 2.75) is 39.2 Å². The van der Waals surface area contributed by atoms with Gasteiger partial charge >= 0.3 is 0 Å². The van der Waals surface area contributed by atoms with E-state index in [9.17, 15) is 4.79 Å². The van der Waals surface area contributed by atoms with Crippen LogP contribution >= 0.6 is 0 Å². The molecular weight excluding hydrogens is 324 g/mol. The number of hydrogen-bond donors (Lipinski definition) is 3. The summed E-state index contributed by atoms with van der Waals surface area (Å²) in [6.07, 6.45) is 5.63. The highest BCUT2D eigenvalue weighted by atomic mass is 16.1. The first kappa shape index (κ1) is 17.9. The van der Waals surface area contributed by atoms with Gasteiger partial charge in [-0.15, -0.1) is 0 Å². The summed E-state index contributed by atoms with van der Waals surface area (Å²) in [6.45, 7) is 3.93. The molecule has 0 saturated heterocycles. The van der Waals surface area contributed by atoms with Crippen molar-refractivity contribution in [3.8, 4) is 0 Å². The van der Waals surface area contributed by atoms with E-state index in [0.717, 1.165) is 47.3 Å². The second-order valence-electron chi connectivity index (χ2n) is 6.61. The Labute approximate surface area is 154 Å². The van der Waals surface area contributed by atoms with Crippen LogP contribution in [0.5, 0.6) is 0 Å². The van der Waals surface area contributed by atoms with Crippen molar-refractivity contribution in [1.82, 2.24) is 10.3 Å². The van der Waals surface area contributed by atoms with E-state index in [1.165, 1.54) is 6.21 Å². The van der Waals surface area contributed by atoms with Crippen LogP contribution in [0.2, 0.25) is 0 Å². The van der Waals surface area contributed by atoms with Gasteiger partial charge in [-0.3, -0.25) is 9.78 Å². The molecule has 0 fully saturated rings. The Kier molecular flexibility index (Phi) is 5.46. The lowest BCUT2D eigenvalue weighted by molar-refractivity contribution is 0.0935. The fourth-order valence-corrected chi connectivity index (χ4v) is 3.29. The molecule has 5 nitrogen and oxygen atoms in total. The maximum Gasteiger partial charge on any atom is 0.270 e. The van der Waals surface area contributed by atoms with Gasteiger partial charge in [0.1, 0.15) is 5.69 Å². The van der Waals surface area contributed by atoms with Crippen molar-refractivity contribution in [3.05, 3.63) is 70.7 Å². The quantitative estimate of drug-likeness (QED) is 0.715. The molecule has 1 aromatic heterocycles. The number of nitrogens with zero attached hydrogens (tertiary/aromatic N) is 1. The highest BCUT2D eigenvalue weighted by Crippen LogP contribution is 2.27. The van der Waals surface area contributed by atoms with Gasteiger partial charge in [-0.25, -0.2) is 0 Å². The molecule has 3 N–H and O–H groups in total. The average Bonchev–Trinajstić information content (AvgIpc) is 2.64. The summed E-state index contributed by atoms with van der Waals surface area (Å²) in [7, 11) is 0. The third-order valence-corrected chi connectivity index (χ3v) is 4.76. The van der Waals surface area contributed by atoms with Crippen LogP contribution in [0, 0.1) is 19.3 Å². The SMILES string of the molecule is Cc1ccccc1NC1=C(C=N)C(NC(=O)c2ncccc2C)CCC1. The number of rotatable bonds is 5. The standard InChI is InChI=1S/C21H24N4O/c1-14-7-3-4-9-17(14)24-18-10-5-11-19(16(18)13-22)25-21(26)20-15(2)8-6-12-23-20/h3-4,6-9,12-13,19,22,24H,5,10-11H2,1-2H3,(H,25,26). The number of amides is 1. The molecule has 1 aliphatic carbocycles. The fraction of sp³-hybridized carbons (Fsp3) is 0.286. The van der Waals surface area contributed by atoms with Crippen molar-refractivity contribution in [3.63, 3.8) is 0 Å². The number of carbonyl (C=O) groups is 1. The number of aromatic nitrogens is 1. The Hall–Kier alpha value is -2.95. The van der Waals surface area contributed by atoms with Crippen molar-refractivity contribution < 1.29 is 4.79 Å². The first-order chi connectivity index (χ1) is 12.6. The van der Waals surface area contributed by atoms with Crippen LogP contribution < -0.4 is 10.6 Å². The molecule has 1 aromatic carbocycles. The van der Waals surface area contributed by atoms with Crippen LogP contribution in [0.25, 0.3) is 0 Å². The Morgan fingerprint density at radius 3 is 2.69 bits per heavy atom. The smallest absolute Gasteiger partial charge is 0.270 e. The molecule has 134 valence electrons. The molecule has 0 aliphatic heterocycles. The maximum absolute atomic E-state index is 12.6. The van der Waals surface area contributed by atoms with Gasteiger partial charge < -0.3 is 16.0 Å². The van der Waals surface area contributed by atoms with Gasteiger partial charge in [-0.05, 0) is 56.4 Å². The maximum atomic E-state index is 12.6. The van der Waals surface area contributed by atoms with Gasteiger partial charge in [-0.1, -0.05) is 24.3 Å². The molecule has 1 aliphatic rings. The van der Waals surface area contributed by atoms with Crippen LogP contribution in [0.4, 0.5) is 5.69 Å². The molecule has 5 heteroatoms. The van der Waals surface area contributed by atoms with Crippen molar-refractivity contribution in [1.29, 1.82) is 5.41 Å². The Morgan fingerprint density at radius 2 is 1.96 bits per heavy atom. The lowest BCUT2D eigenvalue weighted by atomic mass is 9.91. The fourth-order valence-electron chi connectivity index (χ4n) is 3.29. The molecule has 1 unspecified atom stereocenters. The molecule has 1 heterocycles. The highest BCUT2D eigenvalue weighted by molar-refractivity contribution is 5.95. The van der Waals surface area contributed by atoms with Crippen molar-refractivity contribution in [2.24, 2.45) is 0 Å². The lowest BCUT2D eigenvalue weighted by Crippen LogP contribution is -2.40. The van der Waals surface area contributed by atoms with Crippen LogP contribution in [0.3, 0.4) is 0 Å².